The molecule has 26 heavy (non-hydrogen) atoms. The van der Waals surface area contributed by atoms with Gasteiger partial charge in [0.15, 0.2) is 12.7 Å². The number of ether oxygens (including phenoxy) is 2. The summed E-state index contributed by atoms with van der Waals surface area (Å²) in [6.45, 7) is 5.48. The van der Waals surface area contributed by atoms with Crippen molar-refractivity contribution >= 4 is 11.8 Å². The van der Waals surface area contributed by atoms with Crippen LogP contribution in [-0.4, -0.2) is 24.5 Å². The van der Waals surface area contributed by atoms with Crippen molar-refractivity contribution in [2.75, 3.05) is 6.61 Å². The van der Waals surface area contributed by atoms with Crippen molar-refractivity contribution in [1.29, 1.82) is 0 Å². The van der Waals surface area contributed by atoms with Crippen LogP contribution >= 0.6 is 0 Å². The van der Waals surface area contributed by atoms with Gasteiger partial charge in [0.05, 0.1) is 0 Å². The van der Waals surface area contributed by atoms with E-state index in [-0.39, 0.29) is 6.61 Å². The summed E-state index contributed by atoms with van der Waals surface area (Å²) in [6.07, 6.45) is -0.232. The number of aryl methyl sites for hydroxylation is 2. The van der Waals surface area contributed by atoms with Gasteiger partial charge in [-0.2, -0.15) is 0 Å². The number of hydrogen-bond acceptors (Lipinski definition) is 4. The molecule has 0 aromatic heterocycles. The van der Waals surface area contributed by atoms with Gasteiger partial charge < -0.3 is 9.47 Å². The lowest BCUT2D eigenvalue weighted by Gasteiger charge is -2.18. The molecular weight excluding hydrogens is 332 g/mol. The fourth-order valence-electron chi connectivity index (χ4n) is 2.28. The second kappa shape index (κ2) is 9.46. The molecule has 0 aliphatic carbocycles. The molecule has 0 bridgehead atoms. The first-order valence-electron chi connectivity index (χ1n) is 8.50. The Labute approximate surface area is 153 Å². The standard InChI is InChI=1S/C20H24N2O4/c1-4-17(26-16-10-7-8-14(2)12-16)20(24)22-21-19(23)13-25-18-11-6-5-9-15(18)3/h5-12,17H,4,13H2,1-3H3,(H,21,23)(H,22,24). The third kappa shape index (κ3) is 5.81. The average molecular weight is 356 g/mol. The Morgan fingerprint density at radius 3 is 2.50 bits per heavy atom. The lowest BCUT2D eigenvalue weighted by atomic mass is 10.2. The van der Waals surface area contributed by atoms with Crippen LogP contribution in [0.25, 0.3) is 0 Å². The largest absolute Gasteiger partial charge is 0.483 e. The third-order valence-corrected chi connectivity index (χ3v) is 3.71. The molecule has 0 fully saturated rings. The number of hydrogen-bond donors (Lipinski definition) is 2. The lowest BCUT2D eigenvalue weighted by molar-refractivity contribution is -0.134. The summed E-state index contributed by atoms with van der Waals surface area (Å²) in [7, 11) is 0. The van der Waals surface area contributed by atoms with Gasteiger partial charge in [0.1, 0.15) is 11.5 Å². The van der Waals surface area contributed by atoms with Gasteiger partial charge in [0.2, 0.25) is 0 Å². The molecule has 2 rings (SSSR count). The maximum atomic E-state index is 12.2. The van der Waals surface area contributed by atoms with E-state index >= 15 is 0 Å². The summed E-state index contributed by atoms with van der Waals surface area (Å²) in [6, 6.07) is 14.8. The van der Waals surface area contributed by atoms with E-state index in [2.05, 4.69) is 10.9 Å². The molecule has 6 heteroatoms. The van der Waals surface area contributed by atoms with Gasteiger partial charge in [-0.25, -0.2) is 0 Å². The molecular formula is C20H24N2O4. The number of rotatable bonds is 7. The molecule has 2 amide bonds. The number of amides is 2. The first-order valence-corrected chi connectivity index (χ1v) is 8.50. The number of nitrogens with one attached hydrogen (secondary N) is 2. The quantitative estimate of drug-likeness (QED) is 0.748. The van der Waals surface area contributed by atoms with Gasteiger partial charge in [0, 0.05) is 0 Å². The second-order valence-corrected chi connectivity index (χ2v) is 5.92. The summed E-state index contributed by atoms with van der Waals surface area (Å²) < 4.78 is 11.1. The van der Waals surface area contributed by atoms with Crippen LogP contribution in [0.5, 0.6) is 11.5 Å². The summed E-state index contributed by atoms with van der Waals surface area (Å²) in [5.74, 6) is 0.370. The summed E-state index contributed by atoms with van der Waals surface area (Å²) in [5, 5.41) is 0. The predicted molar refractivity (Wildman–Crippen MR) is 98.8 cm³/mol. The Hall–Kier alpha value is -3.02. The minimum Gasteiger partial charge on any atom is -0.483 e. The van der Waals surface area contributed by atoms with E-state index in [1.165, 1.54) is 0 Å². The maximum absolute atomic E-state index is 12.2. The van der Waals surface area contributed by atoms with E-state index < -0.39 is 17.9 Å². The van der Waals surface area contributed by atoms with E-state index in [0.29, 0.717) is 17.9 Å². The molecule has 0 saturated carbocycles. The highest BCUT2D eigenvalue weighted by molar-refractivity contribution is 5.85. The van der Waals surface area contributed by atoms with Crippen LogP contribution in [0, 0.1) is 13.8 Å². The zero-order valence-corrected chi connectivity index (χ0v) is 15.2. The van der Waals surface area contributed by atoms with Crippen LogP contribution in [0.1, 0.15) is 24.5 Å². The first-order chi connectivity index (χ1) is 12.5. The highest BCUT2D eigenvalue weighted by atomic mass is 16.5. The number of para-hydroxylation sites is 1. The fraction of sp³-hybridized carbons (Fsp3) is 0.300. The zero-order valence-electron chi connectivity index (χ0n) is 15.2. The minimum absolute atomic E-state index is 0.194. The van der Waals surface area contributed by atoms with Crippen LogP contribution in [0.2, 0.25) is 0 Å². The Bertz CT molecular complexity index is 761. The van der Waals surface area contributed by atoms with Crippen LogP contribution in [0.4, 0.5) is 0 Å². The molecule has 2 N–H and O–H groups in total. The maximum Gasteiger partial charge on any atom is 0.279 e. The average Bonchev–Trinajstić information content (AvgIpc) is 2.63. The van der Waals surface area contributed by atoms with Gasteiger partial charge in [-0.3, -0.25) is 20.4 Å². The van der Waals surface area contributed by atoms with E-state index in [1.807, 2.05) is 57.2 Å². The molecule has 138 valence electrons. The van der Waals surface area contributed by atoms with Gasteiger partial charge in [-0.1, -0.05) is 37.3 Å². The number of benzene rings is 2. The van der Waals surface area contributed by atoms with E-state index in [4.69, 9.17) is 9.47 Å². The Morgan fingerprint density at radius 1 is 1.04 bits per heavy atom. The summed E-state index contributed by atoms with van der Waals surface area (Å²) in [4.78, 5) is 24.1. The zero-order chi connectivity index (χ0) is 18.9. The van der Waals surface area contributed by atoms with E-state index in [1.54, 1.807) is 12.1 Å². The van der Waals surface area contributed by atoms with Gasteiger partial charge in [0.25, 0.3) is 11.8 Å². The van der Waals surface area contributed by atoms with Crippen molar-refractivity contribution in [3.63, 3.8) is 0 Å². The van der Waals surface area contributed by atoms with Crippen molar-refractivity contribution in [1.82, 2.24) is 10.9 Å². The highest BCUT2D eigenvalue weighted by Gasteiger charge is 2.19. The molecule has 0 aliphatic heterocycles. The molecule has 2 aromatic rings. The van der Waals surface area contributed by atoms with Crippen molar-refractivity contribution in [3.05, 3.63) is 59.7 Å². The minimum atomic E-state index is -0.700. The SMILES string of the molecule is CCC(Oc1cccc(C)c1)C(=O)NNC(=O)COc1ccccc1C. The van der Waals surface area contributed by atoms with Gasteiger partial charge in [-0.15, -0.1) is 0 Å². The van der Waals surface area contributed by atoms with Crippen molar-refractivity contribution < 1.29 is 19.1 Å². The molecule has 6 nitrogen and oxygen atoms in total. The molecule has 0 aliphatic rings. The number of hydrazine groups is 1. The topological polar surface area (TPSA) is 76.7 Å². The molecule has 2 aromatic carbocycles. The van der Waals surface area contributed by atoms with Crippen molar-refractivity contribution in [3.8, 4) is 11.5 Å². The summed E-state index contributed by atoms with van der Waals surface area (Å²) in [5.41, 5.74) is 6.69. The molecule has 1 unspecified atom stereocenters. The monoisotopic (exact) mass is 356 g/mol. The van der Waals surface area contributed by atoms with Crippen molar-refractivity contribution in [2.24, 2.45) is 0 Å². The number of carbonyl (C=O) groups is 2. The molecule has 0 spiro atoms. The van der Waals surface area contributed by atoms with Crippen LogP contribution < -0.4 is 20.3 Å². The van der Waals surface area contributed by atoms with E-state index in [0.717, 1.165) is 11.1 Å². The Kier molecular flexibility index (Phi) is 7.02. The molecule has 0 radical (unpaired) electrons. The Morgan fingerprint density at radius 2 is 1.81 bits per heavy atom. The van der Waals surface area contributed by atoms with Crippen LogP contribution in [0.15, 0.2) is 48.5 Å². The van der Waals surface area contributed by atoms with Crippen LogP contribution in [0.3, 0.4) is 0 Å². The molecule has 0 saturated heterocycles. The predicted octanol–water partition coefficient (Wildman–Crippen LogP) is 2.69. The third-order valence-electron chi connectivity index (χ3n) is 3.71. The van der Waals surface area contributed by atoms with E-state index in [9.17, 15) is 9.59 Å². The fourth-order valence-corrected chi connectivity index (χ4v) is 2.28. The van der Waals surface area contributed by atoms with Crippen LogP contribution in [-0.2, 0) is 9.59 Å². The molecule has 0 heterocycles. The number of carbonyl (C=O) groups excluding carboxylic acids is 2. The van der Waals surface area contributed by atoms with Gasteiger partial charge >= 0.3 is 0 Å². The first kappa shape index (κ1) is 19.3. The Balaban J connectivity index is 1.80. The highest BCUT2D eigenvalue weighted by Crippen LogP contribution is 2.16. The van der Waals surface area contributed by atoms with Gasteiger partial charge in [-0.05, 0) is 49.6 Å². The second-order valence-electron chi connectivity index (χ2n) is 5.92. The summed E-state index contributed by atoms with van der Waals surface area (Å²) >= 11 is 0. The van der Waals surface area contributed by atoms with Crippen molar-refractivity contribution in [2.45, 2.75) is 33.3 Å². The smallest absolute Gasteiger partial charge is 0.279 e. The normalized spacial score (nSPS) is 11.3. The molecule has 1 atom stereocenters. The lowest BCUT2D eigenvalue weighted by Crippen LogP contribution is -2.49.